The molecule has 2 aliphatic rings. The zero-order valence-corrected chi connectivity index (χ0v) is 21.1. The van der Waals surface area contributed by atoms with Gasteiger partial charge in [-0.3, -0.25) is 4.79 Å². The summed E-state index contributed by atoms with van der Waals surface area (Å²) in [6.45, 7) is 7.71. The molecule has 34 heavy (non-hydrogen) atoms. The number of thioether (sulfide) groups is 1. The number of benzene rings is 2. The van der Waals surface area contributed by atoms with Crippen LogP contribution in [0.2, 0.25) is 0 Å². The number of carbonyl (C=O) groups is 2. The number of aryl methyl sites for hydroxylation is 1. The van der Waals surface area contributed by atoms with E-state index in [9.17, 15) is 9.59 Å². The summed E-state index contributed by atoms with van der Waals surface area (Å²) in [5, 5.41) is 5.93. The lowest BCUT2D eigenvalue weighted by Gasteiger charge is -2.35. The summed E-state index contributed by atoms with van der Waals surface area (Å²) in [6, 6.07) is 14.6. The van der Waals surface area contributed by atoms with Crippen LogP contribution in [0.4, 0.5) is 16.2 Å². The summed E-state index contributed by atoms with van der Waals surface area (Å²) in [5.41, 5.74) is 3.84. The van der Waals surface area contributed by atoms with Gasteiger partial charge in [0.05, 0.1) is 18.0 Å². The number of fused-ring (bicyclic) bond motifs is 1. The fourth-order valence-corrected chi connectivity index (χ4v) is 5.72. The van der Waals surface area contributed by atoms with Crippen LogP contribution in [0.15, 0.2) is 47.4 Å². The van der Waals surface area contributed by atoms with Gasteiger partial charge in [-0.15, -0.1) is 11.8 Å². The molecule has 182 valence electrons. The van der Waals surface area contributed by atoms with E-state index in [1.807, 2.05) is 23.1 Å². The molecule has 1 saturated heterocycles. The van der Waals surface area contributed by atoms with Crippen molar-refractivity contribution in [1.29, 1.82) is 0 Å². The molecule has 4 rings (SSSR count). The summed E-state index contributed by atoms with van der Waals surface area (Å²) in [7, 11) is 0. The van der Waals surface area contributed by atoms with E-state index in [4.69, 9.17) is 0 Å². The van der Waals surface area contributed by atoms with Crippen molar-refractivity contribution in [2.24, 2.45) is 0 Å². The number of nitrogens with zero attached hydrogens (tertiary/aromatic N) is 2. The largest absolute Gasteiger partial charge is 0.338 e. The molecule has 2 N–H and O–H groups in total. The number of anilines is 2. The van der Waals surface area contributed by atoms with Gasteiger partial charge in [-0.2, -0.15) is 0 Å². The standard InChI is InChI=1S/C27H36N4O2S/c1-3-23-7-4-5-15-30(23)16-6-14-28-27(33)29-22-12-13-25-24(17-22)31(26(32)19-34-25)18-21-10-8-20(2)9-11-21/h8-13,17,23H,3-7,14-16,18-19H2,1-2H3,(H2,28,29,33)/t23-/m1/s1. The van der Waals surface area contributed by atoms with Crippen molar-refractivity contribution in [3.8, 4) is 0 Å². The average molecular weight is 481 g/mol. The first-order chi connectivity index (χ1) is 16.5. The highest BCUT2D eigenvalue weighted by atomic mass is 32.2. The summed E-state index contributed by atoms with van der Waals surface area (Å²) < 4.78 is 0. The molecule has 0 spiro atoms. The summed E-state index contributed by atoms with van der Waals surface area (Å²) in [6.07, 6.45) is 6.06. The number of hydrogen-bond acceptors (Lipinski definition) is 4. The highest BCUT2D eigenvalue weighted by Crippen LogP contribution is 2.38. The van der Waals surface area contributed by atoms with Crippen LogP contribution in [0, 0.1) is 6.92 Å². The Bertz CT molecular complexity index is 995. The van der Waals surface area contributed by atoms with Crippen LogP contribution in [0.3, 0.4) is 0 Å². The molecule has 3 amide bonds. The minimum absolute atomic E-state index is 0.0859. The lowest BCUT2D eigenvalue weighted by atomic mass is 10.00. The number of nitrogens with one attached hydrogen (secondary N) is 2. The Morgan fingerprint density at radius 2 is 1.97 bits per heavy atom. The number of hydrogen-bond donors (Lipinski definition) is 2. The predicted octanol–water partition coefficient (Wildman–Crippen LogP) is 5.41. The van der Waals surface area contributed by atoms with Crippen LogP contribution in [-0.2, 0) is 11.3 Å². The van der Waals surface area contributed by atoms with Crippen molar-refractivity contribution >= 4 is 35.1 Å². The molecule has 0 bridgehead atoms. The van der Waals surface area contributed by atoms with Crippen molar-refractivity contribution in [1.82, 2.24) is 10.2 Å². The molecule has 0 saturated carbocycles. The molecule has 2 aromatic carbocycles. The van der Waals surface area contributed by atoms with E-state index >= 15 is 0 Å². The Morgan fingerprint density at radius 3 is 2.76 bits per heavy atom. The van der Waals surface area contributed by atoms with Crippen LogP contribution in [-0.4, -0.2) is 48.3 Å². The third-order valence-electron chi connectivity index (χ3n) is 6.75. The molecule has 1 atom stereocenters. The van der Waals surface area contributed by atoms with Gasteiger partial charge in [-0.25, -0.2) is 4.79 Å². The third kappa shape index (κ3) is 6.33. The number of likely N-dealkylation sites (tertiary alicyclic amines) is 1. The number of piperidine rings is 1. The van der Waals surface area contributed by atoms with Crippen LogP contribution < -0.4 is 15.5 Å². The van der Waals surface area contributed by atoms with Gasteiger partial charge in [-0.1, -0.05) is 43.2 Å². The van der Waals surface area contributed by atoms with Crippen LogP contribution >= 0.6 is 11.8 Å². The molecule has 0 unspecified atom stereocenters. The van der Waals surface area contributed by atoms with Gasteiger partial charge < -0.3 is 20.4 Å². The molecule has 7 heteroatoms. The topological polar surface area (TPSA) is 64.7 Å². The quantitative estimate of drug-likeness (QED) is 0.496. The van der Waals surface area contributed by atoms with Gasteiger partial charge in [0.15, 0.2) is 0 Å². The monoisotopic (exact) mass is 480 g/mol. The van der Waals surface area contributed by atoms with Crippen LogP contribution in [0.25, 0.3) is 0 Å². The molecule has 0 aromatic heterocycles. The fourth-order valence-electron chi connectivity index (χ4n) is 4.81. The van der Waals surface area contributed by atoms with Gasteiger partial charge in [0.2, 0.25) is 5.91 Å². The normalized spacial score (nSPS) is 18.5. The Kier molecular flexibility index (Phi) is 8.51. The van der Waals surface area contributed by atoms with Gasteiger partial charge in [-0.05, 0) is 62.9 Å². The first kappa shape index (κ1) is 24.6. The highest BCUT2D eigenvalue weighted by molar-refractivity contribution is 8.00. The number of urea groups is 1. The van der Waals surface area contributed by atoms with E-state index in [0.29, 0.717) is 30.6 Å². The third-order valence-corrected chi connectivity index (χ3v) is 7.80. The molecular formula is C27H36N4O2S. The Hall–Kier alpha value is -2.51. The lowest BCUT2D eigenvalue weighted by Crippen LogP contribution is -2.41. The van der Waals surface area contributed by atoms with Crippen molar-refractivity contribution in [3.05, 3.63) is 53.6 Å². The van der Waals surface area contributed by atoms with E-state index in [1.165, 1.54) is 37.8 Å². The molecule has 6 nitrogen and oxygen atoms in total. The first-order valence-corrected chi connectivity index (χ1v) is 13.4. The Balaban J connectivity index is 1.32. The maximum atomic E-state index is 12.7. The molecule has 2 aliphatic heterocycles. The van der Waals surface area contributed by atoms with Gasteiger partial charge >= 0.3 is 6.03 Å². The predicted molar refractivity (Wildman–Crippen MR) is 141 cm³/mol. The van der Waals surface area contributed by atoms with E-state index in [-0.39, 0.29) is 11.9 Å². The fraction of sp³-hybridized carbons (Fsp3) is 0.481. The molecule has 2 aromatic rings. The van der Waals surface area contributed by atoms with Crippen molar-refractivity contribution in [2.75, 3.05) is 35.6 Å². The molecule has 1 fully saturated rings. The van der Waals surface area contributed by atoms with Crippen molar-refractivity contribution < 1.29 is 9.59 Å². The number of amides is 3. The minimum atomic E-state index is -0.203. The molecule has 2 heterocycles. The van der Waals surface area contributed by atoms with E-state index in [1.54, 1.807) is 11.8 Å². The maximum absolute atomic E-state index is 12.7. The second-order valence-corrected chi connectivity index (χ2v) is 10.3. The van der Waals surface area contributed by atoms with E-state index in [2.05, 4.69) is 53.6 Å². The van der Waals surface area contributed by atoms with Crippen LogP contribution in [0.5, 0.6) is 0 Å². The second-order valence-electron chi connectivity index (χ2n) is 9.26. The molecule has 0 radical (unpaired) electrons. The zero-order valence-electron chi connectivity index (χ0n) is 20.3. The smallest absolute Gasteiger partial charge is 0.319 e. The minimum Gasteiger partial charge on any atom is -0.338 e. The second kappa shape index (κ2) is 11.8. The van der Waals surface area contributed by atoms with Crippen molar-refractivity contribution in [2.45, 2.75) is 63.4 Å². The molecular weight excluding hydrogens is 444 g/mol. The van der Waals surface area contributed by atoms with Gasteiger partial charge in [0.25, 0.3) is 0 Å². The van der Waals surface area contributed by atoms with E-state index in [0.717, 1.165) is 29.1 Å². The lowest BCUT2D eigenvalue weighted by molar-refractivity contribution is -0.116. The van der Waals surface area contributed by atoms with Gasteiger partial charge in [0, 0.05) is 29.7 Å². The highest BCUT2D eigenvalue weighted by Gasteiger charge is 2.25. The van der Waals surface area contributed by atoms with Crippen LogP contribution in [0.1, 0.15) is 50.2 Å². The van der Waals surface area contributed by atoms with E-state index < -0.39 is 0 Å². The SMILES string of the molecule is CC[C@@H]1CCCCN1CCCNC(=O)Nc1ccc2c(c1)N(Cc1ccc(C)cc1)C(=O)CS2. The summed E-state index contributed by atoms with van der Waals surface area (Å²) in [4.78, 5) is 30.7. The number of carbonyl (C=O) groups excluding carboxylic acids is 2. The summed E-state index contributed by atoms with van der Waals surface area (Å²) >= 11 is 1.55. The summed E-state index contributed by atoms with van der Waals surface area (Å²) in [5.74, 6) is 0.518. The Labute approximate surface area is 207 Å². The zero-order chi connectivity index (χ0) is 23.9. The maximum Gasteiger partial charge on any atom is 0.319 e. The van der Waals surface area contributed by atoms with Crippen molar-refractivity contribution in [3.63, 3.8) is 0 Å². The molecule has 0 aliphatic carbocycles. The van der Waals surface area contributed by atoms with Gasteiger partial charge in [0.1, 0.15) is 0 Å². The average Bonchev–Trinajstić information content (AvgIpc) is 2.85. The first-order valence-electron chi connectivity index (χ1n) is 12.4. The Morgan fingerprint density at radius 1 is 1.15 bits per heavy atom. The number of rotatable bonds is 8.